The van der Waals surface area contributed by atoms with Crippen molar-refractivity contribution in [3.8, 4) is 0 Å². The van der Waals surface area contributed by atoms with Gasteiger partial charge in [-0.25, -0.2) is 0 Å². The van der Waals surface area contributed by atoms with Crippen molar-refractivity contribution in [3.63, 3.8) is 0 Å². The molecule has 1 saturated heterocycles. The number of hydrogen-bond acceptors (Lipinski definition) is 3. The molecule has 0 aromatic heterocycles. The Labute approximate surface area is 120 Å². The standard InChI is InChI=1S/C16H22N2O2/c1-17(2)14-9-18(10-15(14)19)16(20)13-7-6-11-4-3-5-12(11)8-13/h6-8,14-15,19H,3-5,9-10H2,1-2H3/t14-,15-/m1/s1. The van der Waals surface area contributed by atoms with Crippen LogP contribution in [0.25, 0.3) is 0 Å². The van der Waals surface area contributed by atoms with E-state index >= 15 is 0 Å². The minimum Gasteiger partial charge on any atom is -0.390 e. The van der Waals surface area contributed by atoms with Crippen molar-refractivity contribution >= 4 is 5.91 Å². The van der Waals surface area contributed by atoms with Gasteiger partial charge in [0.05, 0.1) is 12.1 Å². The summed E-state index contributed by atoms with van der Waals surface area (Å²) in [6.45, 7) is 1.03. The van der Waals surface area contributed by atoms with Crippen molar-refractivity contribution in [2.75, 3.05) is 27.2 Å². The Bertz CT molecular complexity index is 527. The summed E-state index contributed by atoms with van der Waals surface area (Å²) >= 11 is 0. The van der Waals surface area contributed by atoms with Gasteiger partial charge in [-0.1, -0.05) is 6.07 Å². The van der Waals surface area contributed by atoms with Gasteiger partial charge in [-0.3, -0.25) is 4.79 Å². The lowest BCUT2D eigenvalue weighted by molar-refractivity contribution is 0.0764. The number of carbonyl (C=O) groups excluding carboxylic acids is 1. The van der Waals surface area contributed by atoms with E-state index in [1.165, 1.54) is 17.5 Å². The zero-order valence-corrected chi connectivity index (χ0v) is 12.2. The highest BCUT2D eigenvalue weighted by atomic mass is 16.3. The zero-order chi connectivity index (χ0) is 14.3. The Kier molecular flexibility index (Phi) is 3.52. The first-order chi connectivity index (χ1) is 9.56. The molecule has 0 spiro atoms. The Morgan fingerprint density at radius 1 is 1.25 bits per heavy atom. The highest BCUT2D eigenvalue weighted by Crippen LogP contribution is 2.24. The van der Waals surface area contributed by atoms with E-state index in [-0.39, 0.29) is 11.9 Å². The van der Waals surface area contributed by atoms with Crippen LogP contribution < -0.4 is 0 Å². The van der Waals surface area contributed by atoms with Gasteiger partial charge in [0.25, 0.3) is 5.91 Å². The van der Waals surface area contributed by atoms with E-state index in [1.54, 1.807) is 4.90 Å². The number of aliphatic hydroxyl groups excluding tert-OH is 1. The smallest absolute Gasteiger partial charge is 0.254 e. The van der Waals surface area contributed by atoms with Gasteiger partial charge in [-0.15, -0.1) is 0 Å². The summed E-state index contributed by atoms with van der Waals surface area (Å²) in [5, 5.41) is 10.0. The Hall–Kier alpha value is -1.39. The van der Waals surface area contributed by atoms with Crippen molar-refractivity contribution in [1.29, 1.82) is 0 Å². The number of nitrogens with zero attached hydrogens (tertiary/aromatic N) is 2. The summed E-state index contributed by atoms with van der Waals surface area (Å²) in [5.41, 5.74) is 3.46. The van der Waals surface area contributed by atoms with E-state index in [2.05, 4.69) is 6.07 Å². The summed E-state index contributed by atoms with van der Waals surface area (Å²) in [5.74, 6) is 0.0445. The largest absolute Gasteiger partial charge is 0.390 e. The molecule has 1 N–H and O–H groups in total. The molecule has 20 heavy (non-hydrogen) atoms. The number of amides is 1. The Morgan fingerprint density at radius 2 is 2.00 bits per heavy atom. The number of rotatable bonds is 2. The molecule has 4 heteroatoms. The summed E-state index contributed by atoms with van der Waals surface area (Å²) in [4.78, 5) is 16.3. The fourth-order valence-electron chi connectivity index (χ4n) is 3.33. The normalized spacial score (nSPS) is 25.3. The molecule has 2 aliphatic rings. The maximum absolute atomic E-state index is 12.6. The van der Waals surface area contributed by atoms with Crippen LogP contribution in [0.15, 0.2) is 18.2 Å². The van der Waals surface area contributed by atoms with Gasteiger partial charge in [0, 0.05) is 18.7 Å². The van der Waals surface area contributed by atoms with Crippen LogP contribution in [0.4, 0.5) is 0 Å². The van der Waals surface area contributed by atoms with Gasteiger partial charge in [0.15, 0.2) is 0 Å². The number of benzene rings is 1. The molecule has 1 fully saturated rings. The molecule has 0 unspecified atom stereocenters. The van der Waals surface area contributed by atoms with Crippen molar-refractivity contribution in [1.82, 2.24) is 9.80 Å². The molecule has 0 saturated carbocycles. The summed E-state index contributed by atoms with van der Waals surface area (Å²) in [7, 11) is 3.88. The van der Waals surface area contributed by atoms with Crippen LogP contribution in [-0.2, 0) is 12.8 Å². The number of carbonyl (C=O) groups is 1. The van der Waals surface area contributed by atoms with Gasteiger partial charge in [-0.05, 0) is 56.6 Å². The average molecular weight is 274 g/mol. The maximum atomic E-state index is 12.6. The van der Waals surface area contributed by atoms with Crippen LogP contribution in [0, 0.1) is 0 Å². The maximum Gasteiger partial charge on any atom is 0.254 e. The summed E-state index contributed by atoms with van der Waals surface area (Å²) < 4.78 is 0. The van der Waals surface area contributed by atoms with E-state index in [9.17, 15) is 9.90 Å². The van der Waals surface area contributed by atoms with Crippen molar-refractivity contribution in [2.45, 2.75) is 31.4 Å². The van der Waals surface area contributed by atoms with E-state index in [4.69, 9.17) is 0 Å². The third-order valence-electron chi connectivity index (χ3n) is 4.55. The van der Waals surface area contributed by atoms with Crippen molar-refractivity contribution in [3.05, 3.63) is 34.9 Å². The number of likely N-dealkylation sites (tertiary alicyclic amines) is 1. The van der Waals surface area contributed by atoms with Gasteiger partial charge >= 0.3 is 0 Å². The van der Waals surface area contributed by atoms with E-state index in [1.807, 2.05) is 31.1 Å². The first-order valence-corrected chi connectivity index (χ1v) is 7.32. The molecule has 4 nitrogen and oxygen atoms in total. The quantitative estimate of drug-likeness (QED) is 0.872. The summed E-state index contributed by atoms with van der Waals surface area (Å²) in [6.07, 6.45) is 2.95. The highest BCUT2D eigenvalue weighted by molar-refractivity contribution is 5.94. The molecule has 0 bridgehead atoms. The van der Waals surface area contributed by atoms with Crippen molar-refractivity contribution < 1.29 is 9.90 Å². The third-order valence-corrected chi connectivity index (χ3v) is 4.55. The number of fused-ring (bicyclic) bond motifs is 1. The molecule has 1 heterocycles. The molecular weight excluding hydrogens is 252 g/mol. The van der Waals surface area contributed by atoms with E-state index in [0.717, 1.165) is 18.4 Å². The molecular formula is C16H22N2O2. The Balaban J connectivity index is 1.77. The third kappa shape index (κ3) is 2.34. The highest BCUT2D eigenvalue weighted by Gasteiger charge is 2.35. The molecule has 2 atom stereocenters. The number of likely N-dealkylation sites (N-methyl/N-ethyl adjacent to an activating group) is 1. The van der Waals surface area contributed by atoms with Gasteiger partial charge in [0.2, 0.25) is 0 Å². The van der Waals surface area contributed by atoms with Gasteiger partial charge < -0.3 is 14.9 Å². The van der Waals surface area contributed by atoms with E-state index in [0.29, 0.717) is 13.1 Å². The lowest BCUT2D eigenvalue weighted by Crippen LogP contribution is -2.38. The second-order valence-corrected chi connectivity index (χ2v) is 6.15. The second kappa shape index (κ2) is 5.19. The zero-order valence-electron chi connectivity index (χ0n) is 12.2. The predicted octanol–water partition coefficient (Wildman–Crippen LogP) is 0.922. The summed E-state index contributed by atoms with van der Waals surface area (Å²) in [6, 6.07) is 6.10. The van der Waals surface area contributed by atoms with Crippen LogP contribution in [-0.4, -0.2) is 60.1 Å². The topological polar surface area (TPSA) is 43.8 Å². The van der Waals surface area contributed by atoms with Crippen LogP contribution in [0.5, 0.6) is 0 Å². The molecule has 3 rings (SSSR count). The molecule has 1 aliphatic carbocycles. The van der Waals surface area contributed by atoms with E-state index < -0.39 is 6.10 Å². The number of aliphatic hydroxyl groups is 1. The fourth-order valence-corrected chi connectivity index (χ4v) is 3.33. The SMILES string of the molecule is CN(C)[C@@H]1CN(C(=O)c2ccc3c(c2)CCC3)C[C@H]1O. The number of β-amino-alcohol motifs (C(OH)–C–C–N with tert-alkyl or cyclic N) is 1. The molecule has 0 radical (unpaired) electrons. The molecule has 1 amide bonds. The second-order valence-electron chi connectivity index (χ2n) is 6.15. The molecule has 1 aromatic carbocycles. The molecule has 108 valence electrons. The first-order valence-electron chi connectivity index (χ1n) is 7.32. The lowest BCUT2D eigenvalue weighted by atomic mass is 10.1. The fraction of sp³-hybridized carbons (Fsp3) is 0.562. The Morgan fingerprint density at radius 3 is 2.70 bits per heavy atom. The lowest BCUT2D eigenvalue weighted by Gasteiger charge is -2.21. The molecule has 1 aromatic rings. The van der Waals surface area contributed by atoms with Crippen LogP contribution >= 0.6 is 0 Å². The minimum absolute atomic E-state index is 0.0355. The first kappa shape index (κ1) is 13.6. The number of aryl methyl sites for hydroxylation is 2. The van der Waals surface area contributed by atoms with Crippen LogP contribution in [0.2, 0.25) is 0 Å². The minimum atomic E-state index is -0.455. The van der Waals surface area contributed by atoms with Crippen LogP contribution in [0.3, 0.4) is 0 Å². The predicted molar refractivity (Wildman–Crippen MR) is 77.9 cm³/mol. The van der Waals surface area contributed by atoms with Crippen LogP contribution in [0.1, 0.15) is 27.9 Å². The number of hydrogen-bond donors (Lipinski definition) is 1. The van der Waals surface area contributed by atoms with Gasteiger partial charge in [-0.2, -0.15) is 0 Å². The molecule has 1 aliphatic heterocycles. The van der Waals surface area contributed by atoms with Gasteiger partial charge in [0.1, 0.15) is 0 Å². The monoisotopic (exact) mass is 274 g/mol. The average Bonchev–Trinajstić information content (AvgIpc) is 3.02. The van der Waals surface area contributed by atoms with Crippen molar-refractivity contribution in [2.24, 2.45) is 0 Å².